The van der Waals surface area contributed by atoms with Crippen LogP contribution >= 0.6 is 11.6 Å². The first-order valence-corrected chi connectivity index (χ1v) is 4.78. The van der Waals surface area contributed by atoms with E-state index in [1.165, 1.54) is 0 Å². The van der Waals surface area contributed by atoms with Gasteiger partial charge >= 0.3 is 6.36 Å². The smallest absolute Gasteiger partial charge is 0.314 e. The molecule has 0 fully saturated rings. The summed E-state index contributed by atoms with van der Waals surface area (Å²) in [5, 5.41) is 2.84. The van der Waals surface area contributed by atoms with Gasteiger partial charge < -0.3 is 5.32 Å². The van der Waals surface area contributed by atoms with Gasteiger partial charge in [0.05, 0.1) is 6.61 Å². The van der Waals surface area contributed by atoms with Gasteiger partial charge in [-0.2, -0.15) is 0 Å². The van der Waals surface area contributed by atoms with E-state index in [-0.39, 0.29) is 18.6 Å². The van der Waals surface area contributed by atoms with Gasteiger partial charge in [0.25, 0.3) is 0 Å². The molecule has 0 aliphatic heterocycles. The van der Waals surface area contributed by atoms with Crippen molar-refractivity contribution in [2.45, 2.75) is 20.2 Å². The molecule has 86 valence electrons. The van der Waals surface area contributed by atoms with Crippen molar-refractivity contribution < 1.29 is 17.9 Å². The quantitative estimate of drug-likeness (QED) is 0.562. The number of rotatable bonds is 6. The molecule has 6 heteroatoms. The Morgan fingerprint density at radius 1 is 1.29 bits per heavy atom. The van der Waals surface area contributed by atoms with Crippen molar-refractivity contribution in [1.29, 1.82) is 0 Å². The minimum atomic E-state index is -4.54. The maximum atomic E-state index is 11.5. The lowest BCUT2D eigenvalue weighted by Gasteiger charge is -2.21. The van der Waals surface area contributed by atoms with E-state index in [2.05, 4.69) is 10.1 Å². The molecule has 0 aliphatic rings. The monoisotopic (exact) mass is 233 g/mol. The van der Waals surface area contributed by atoms with Crippen molar-refractivity contribution in [3.8, 4) is 0 Å². The zero-order chi connectivity index (χ0) is 11.2. The number of alkyl halides is 4. The van der Waals surface area contributed by atoms with E-state index in [1.54, 1.807) is 0 Å². The standard InChI is InChI=1S/C8H15ClF3NO/c1-7(2,5-9)6-13-3-4-14-8(10,11)12/h13H,3-6H2,1-2H3. The van der Waals surface area contributed by atoms with E-state index >= 15 is 0 Å². The van der Waals surface area contributed by atoms with E-state index < -0.39 is 6.36 Å². The highest BCUT2D eigenvalue weighted by Crippen LogP contribution is 2.16. The zero-order valence-electron chi connectivity index (χ0n) is 8.25. The lowest BCUT2D eigenvalue weighted by atomic mass is 9.97. The molecule has 0 spiro atoms. The molecule has 1 N–H and O–H groups in total. The van der Waals surface area contributed by atoms with Gasteiger partial charge in [-0.1, -0.05) is 13.8 Å². The van der Waals surface area contributed by atoms with Gasteiger partial charge in [0, 0.05) is 19.0 Å². The summed E-state index contributed by atoms with van der Waals surface area (Å²) in [6, 6.07) is 0. The molecule has 0 aromatic rings. The molecule has 0 aliphatic carbocycles. The molecule has 0 unspecified atom stereocenters. The van der Waals surface area contributed by atoms with Crippen LogP contribution in [0.25, 0.3) is 0 Å². The number of ether oxygens (including phenoxy) is 1. The van der Waals surface area contributed by atoms with E-state index in [4.69, 9.17) is 11.6 Å². The van der Waals surface area contributed by atoms with Crippen LogP contribution in [0.4, 0.5) is 13.2 Å². The van der Waals surface area contributed by atoms with Crippen molar-refractivity contribution in [2.75, 3.05) is 25.6 Å². The molecular weight excluding hydrogens is 219 g/mol. The Balaban J connectivity index is 3.39. The predicted octanol–water partition coefficient (Wildman–Crippen LogP) is 2.38. The molecular formula is C8H15ClF3NO. The SMILES string of the molecule is CC(C)(CCl)CNCCOC(F)(F)F. The van der Waals surface area contributed by atoms with Crippen LogP contribution in [0.3, 0.4) is 0 Å². The number of halogens is 4. The normalized spacial score (nSPS) is 13.3. The van der Waals surface area contributed by atoms with Crippen LogP contribution in [0.2, 0.25) is 0 Å². The first kappa shape index (κ1) is 14.0. The second-order valence-electron chi connectivity index (χ2n) is 3.77. The third-order valence-electron chi connectivity index (χ3n) is 1.51. The van der Waals surface area contributed by atoms with Crippen LogP contribution in [0.5, 0.6) is 0 Å². The Labute approximate surface area is 86.8 Å². The Morgan fingerprint density at radius 3 is 2.29 bits per heavy atom. The minimum Gasteiger partial charge on any atom is -0.314 e. The van der Waals surface area contributed by atoms with Crippen LogP contribution in [-0.4, -0.2) is 31.9 Å². The Kier molecular flexibility index (Phi) is 5.78. The van der Waals surface area contributed by atoms with Gasteiger partial charge in [-0.15, -0.1) is 24.8 Å². The first-order valence-electron chi connectivity index (χ1n) is 4.24. The summed E-state index contributed by atoms with van der Waals surface area (Å²) in [4.78, 5) is 0. The molecule has 0 radical (unpaired) electrons. The van der Waals surface area contributed by atoms with Crippen LogP contribution in [0.1, 0.15) is 13.8 Å². The summed E-state index contributed by atoms with van der Waals surface area (Å²) in [6.07, 6.45) is -4.54. The van der Waals surface area contributed by atoms with Crippen molar-refractivity contribution in [2.24, 2.45) is 5.41 Å². The van der Waals surface area contributed by atoms with Gasteiger partial charge in [0.1, 0.15) is 0 Å². The average Bonchev–Trinajstić information content (AvgIpc) is 2.01. The van der Waals surface area contributed by atoms with E-state index in [0.29, 0.717) is 12.4 Å². The topological polar surface area (TPSA) is 21.3 Å². The third-order valence-corrected chi connectivity index (χ3v) is 2.23. The van der Waals surface area contributed by atoms with Crippen LogP contribution in [0.15, 0.2) is 0 Å². The van der Waals surface area contributed by atoms with Crippen LogP contribution in [0, 0.1) is 5.41 Å². The molecule has 0 saturated heterocycles. The fraction of sp³-hybridized carbons (Fsp3) is 1.00. The van der Waals surface area contributed by atoms with Gasteiger partial charge in [0.15, 0.2) is 0 Å². The molecule has 0 aromatic carbocycles. The molecule has 0 amide bonds. The lowest BCUT2D eigenvalue weighted by molar-refractivity contribution is -0.323. The van der Waals surface area contributed by atoms with Crippen molar-refractivity contribution in [3.05, 3.63) is 0 Å². The highest BCUT2D eigenvalue weighted by molar-refractivity contribution is 6.18. The minimum absolute atomic E-state index is 0.111. The maximum absolute atomic E-state index is 11.5. The second kappa shape index (κ2) is 5.78. The first-order chi connectivity index (χ1) is 6.27. The van der Waals surface area contributed by atoms with Gasteiger partial charge in [0.2, 0.25) is 0 Å². The summed E-state index contributed by atoms with van der Waals surface area (Å²) in [5.41, 5.74) is -0.111. The fourth-order valence-corrected chi connectivity index (χ4v) is 0.807. The lowest BCUT2D eigenvalue weighted by Crippen LogP contribution is -2.33. The van der Waals surface area contributed by atoms with Crippen LogP contribution < -0.4 is 5.32 Å². The Morgan fingerprint density at radius 2 is 1.86 bits per heavy atom. The summed E-state index contributed by atoms with van der Waals surface area (Å²) >= 11 is 5.63. The van der Waals surface area contributed by atoms with Gasteiger partial charge in [-0.25, -0.2) is 0 Å². The van der Waals surface area contributed by atoms with Crippen molar-refractivity contribution >= 4 is 11.6 Å². The molecule has 0 rings (SSSR count). The molecule has 0 atom stereocenters. The van der Waals surface area contributed by atoms with E-state index in [0.717, 1.165) is 0 Å². The number of nitrogens with one attached hydrogen (secondary N) is 1. The zero-order valence-corrected chi connectivity index (χ0v) is 9.00. The molecule has 0 heterocycles. The summed E-state index contributed by atoms with van der Waals surface area (Å²) < 4.78 is 38.1. The second-order valence-corrected chi connectivity index (χ2v) is 4.04. The molecule has 14 heavy (non-hydrogen) atoms. The van der Waals surface area contributed by atoms with E-state index in [1.807, 2.05) is 13.8 Å². The van der Waals surface area contributed by atoms with Crippen molar-refractivity contribution in [3.63, 3.8) is 0 Å². The van der Waals surface area contributed by atoms with Crippen molar-refractivity contribution in [1.82, 2.24) is 5.32 Å². The average molecular weight is 234 g/mol. The fourth-order valence-electron chi connectivity index (χ4n) is 0.713. The molecule has 0 aromatic heterocycles. The molecule has 2 nitrogen and oxygen atoms in total. The number of hydrogen-bond donors (Lipinski definition) is 1. The predicted molar refractivity (Wildman–Crippen MR) is 49.4 cm³/mol. The summed E-state index contributed by atoms with van der Waals surface area (Å²) in [6.45, 7) is 4.22. The highest BCUT2D eigenvalue weighted by Gasteiger charge is 2.28. The molecule has 0 bridgehead atoms. The van der Waals surface area contributed by atoms with Crippen LogP contribution in [-0.2, 0) is 4.74 Å². The van der Waals surface area contributed by atoms with E-state index in [9.17, 15) is 13.2 Å². The summed E-state index contributed by atoms with van der Waals surface area (Å²) in [7, 11) is 0. The highest BCUT2D eigenvalue weighted by atomic mass is 35.5. The van der Waals surface area contributed by atoms with Gasteiger partial charge in [-0.3, -0.25) is 4.74 Å². The third kappa shape index (κ3) is 8.59. The van der Waals surface area contributed by atoms with Gasteiger partial charge in [-0.05, 0) is 5.41 Å². The largest absolute Gasteiger partial charge is 0.522 e. The molecule has 0 saturated carbocycles. The number of hydrogen-bond acceptors (Lipinski definition) is 2. The Hall–Kier alpha value is -0.0000000000000000555. The Bertz CT molecular complexity index is 161. The summed E-state index contributed by atoms with van der Waals surface area (Å²) in [5.74, 6) is 0.458. The maximum Gasteiger partial charge on any atom is 0.522 e.